The van der Waals surface area contributed by atoms with Crippen molar-refractivity contribution in [1.82, 2.24) is 0 Å². The first-order valence-corrected chi connectivity index (χ1v) is 11.5. The summed E-state index contributed by atoms with van der Waals surface area (Å²) >= 11 is 0. The largest absolute Gasteiger partial charge is 0.326 e. The molecule has 0 atom stereocenters. The van der Waals surface area contributed by atoms with E-state index in [2.05, 4.69) is 5.32 Å². The van der Waals surface area contributed by atoms with E-state index in [-0.39, 0.29) is 17.2 Å². The Morgan fingerprint density at radius 3 is 2.58 bits per heavy atom. The van der Waals surface area contributed by atoms with Crippen molar-refractivity contribution in [2.45, 2.75) is 31.1 Å². The van der Waals surface area contributed by atoms with Crippen molar-refractivity contribution < 1.29 is 17.6 Å². The van der Waals surface area contributed by atoms with Crippen LogP contribution in [0, 0.1) is 12.7 Å². The van der Waals surface area contributed by atoms with Crippen LogP contribution in [0.15, 0.2) is 71.6 Å². The summed E-state index contributed by atoms with van der Waals surface area (Å²) in [6.07, 6.45) is 1.64. The molecular formula is C24H23FN2O3S. The minimum absolute atomic E-state index is 0.0530. The second-order valence-corrected chi connectivity index (χ2v) is 9.55. The third-order valence-corrected chi connectivity index (χ3v) is 7.12. The number of amides is 1. The zero-order chi connectivity index (χ0) is 22.0. The molecule has 1 amide bonds. The standard InChI is InChI=1S/C24H23FN2O3S/c1-17-4-2-5-18(14-17)15-24(28)26-21-9-12-23-19(16-21)6-3-13-27(23)31(29,30)22-10-7-20(25)8-11-22/h2,4-5,7-12,14,16H,3,6,13,15H2,1H3,(H,26,28). The number of rotatable bonds is 5. The van der Waals surface area contributed by atoms with Crippen LogP contribution in [0.25, 0.3) is 0 Å². The third-order valence-electron chi connectivity index (χ3n) is 5.29. The minimum atomic E-state index is -3.79. The van der Waals surface area contributed by atoms with Crippen LogP contribution < -0.4 is 9.62 Å². The van der Waals surface area contributed by atoms with Gasteiger partial charge in [0.15, 0.2) is 0 Å². The zero-order valence-electron chi connectivity index (χ0n) is 17.1. The Balaban J connectivity index is 1.54. The Labute approximate surface area is 181 Å². The lowest BCUT2D eigenvalue weighted by Gasteiger charge is -2.31. The molecule has 31 heavy (non-hydrogen) atoms. The summed E-state index contributed by atoms with van der Waals surface area (Å²) in [6, 6.07) is 17.9. The molecular weight excluding hydrogens is 415 g/mol. The van der Waals surface area contributed by atoms with Crippen LogP contribution in [0.4, 0.5) is 15.8 Å². The molecule has 0 saturated carbocycles. The molecule has 0 unspecified atom stereocenters. The molecule has 4 rings (SSSR count). The van der Waals surface area contributed by atoms with Gasteiger partial charge in [0.2, 0.25) is 5.91 Å². The van der Waals surface area contributed by atoms with Gasteiger partial charge in [-0.25, -0.2) is 12.8 Å². The lowest BCUT2D eigenvalue weighted by atomic mass is 10.0. The maximum Gasteiger partial charge on any atom is 0.264 e. The predicted octanol–water partition coefficient (Wildman–Crippen LogP) is 4.46. The van der Waals surface area contributed by atoms with E-state index in [9.17, 15) is 17.6 Å². The number of aryl methyl sites for hydroxylation is 2. The molecule has 0 fully saturated rings. The SMILES string of the molecule is Cc1cccc(CC(=O)Nc2ccc3c(c2)CCCN3S(=O)(=O)c2ccc(F)cc2)c1. The molecule has 3 aromatic carbocycles. The molecule has 1 aliphatic heterocycles. The topological polar surface area (TPSA) is 66.5 Å². The first-order chi connectivity index (χ1) is 14.8. The summed E-state index contributed by atoms with van der Waals surface area (Å²) in [5, 5.41) is 2.90. The summed E-state index contributed by atoms with van der Waals surface area (Å²) in [5.41, 5.74) is 4.11. The Hall–Kier alpha value is -3.19. The van der Waals surface area contributed by atoms with Gasteiger partial charge in [0.1, 0.15) is 5.82 Å². The van der Waals surface area contributed by atoms with Crippen molar-refractivity contribution in [2.24, 2.45) is 0 Å². The third kappa shape index (κ3) is 4.61. The van der Waals surface area contributed by atoms with E-state index in [1.165, 1.54) is 16.4 Å². The fourth-order valence-electron chi connectivity index (χ4n) is 3.84. The van der Waals surface area contributed by atoms with E-state index in [1.54, 1.807) is 12.1 Å². The summed E-state index contributed by atoms with van der Waals surface area (Å²) in [6.45, 7) is 2.34. The number of fused-ring (bicyclic) bond motifs is 1. The molecule has 0 spiro atoms. The molecule has 1 aliphatic rings. The molecule has 3 aromatic rings. The van der Waals surface area contributed by atoms with E-state index in [0.29, 0.717) is 30.8 Å². The highest BCUT2D eigenvalue weighted by atomic mass is 32.2. The fraction of sp³-hybridized carbons (Fsp3) is 0.208. The quantitative estimate of drug-likeness (QED) is 0.640. The van der Waals surface area contributed by atoms with Crippen LogP contribution in [0.2, 0.25) is 0 Å². The highest BCUT2D eigenvalue weighted by Gasteiger charge is 2.29. The number of hydrogen-bond acceptors (Lipinski definition) is 3. The molecule has 7 heteroatoms. The number of sulfonamides is 1. The monoisotopic (exact) mass is 438 g/mol. The van der Waals surface area contributed by atoms with Gasteiger partial charge in [-0.2, -0.15) is 0 Å². The van der Waals surface area contributed by atoms with Gasteiger partial charge in [-0.1, -0.05) is 29.8 Å². The lowest BCUT2D eigenvalue weighted by Crippen LogP contribution is -2.35. The lowest BCUT2D eigenvalue weighted by molar-refractivity contribution is -0.115. The average molecular weight is 439 g/mol. The number of anilines is 2. The van der Waals surface area contributed by atoms with E-state index >= 15 is 0 Å². The van der Waals surface area contributed by atoms with Crippen LogP contribution in [0.3, 0.4) is 0 Å². The number of carbonyl (C=O) groups is 1. The van der Waals surface area contributed by atoms with Crippen molar-refractivity contribution in [3.05, 3.63) is 89.2 Å². The predicted molar refractivity (Wildman–Crippen MR) is 119 cm³/mol. The van der Waals surface area contributed by atoms with Crippen LogP contribution in [-0.4, -0.2) is 20.9 Å². The van der Waals surface area contributed by atoms with Crippen LogP contribution in [0.5, 0.6) is 0 Å². The van der Waals surface area contributed by atoms with Crippen molar-refractivity contribution in [2.75, 3.05) is 16.2 Å². The normalized spacial score (nSPS) is 13.5. The molecule has 0 aromatic heterocycles. The van der Waals surface area contributed by atoms with Gasteiger partial charge in [-0.3, -0.25) is 9.10 Å². The van der Waals surface area contributed by atoms with Crippen LogP contribution >= 0.6 is 0 Å². The van der Waals surface area contributed by atoms with Gasteiger partial charge < -0.3 is 5.32 Å². The van der Waals surface area contributed by atoms with Crippen molar-refractivity contribution in [3.63, 3.8) is 0 Å². The number of carbonyl (C=O) groups excluding carboxylic acids is 1. The van der Waals surface area contributed by atoms with E-state index < -0.39 is 15.8 Å². The van der Waals surface area contributed by atoms with Crippen molar-refractivity contribution in [3.8, 4) is 0 Å². The Morgan fingerprint density at radius 1 is 1.06 bits per heavy atom. The highest BCUT2D eigenvalue weighted by Crippen LogP contribution is 2.33. The van der Waals surface area contributed by atoms with E-state index in [0.717, 1.165) is 28.8 Å². The molecule has 0 aliphatic carbocycles. The van der Waals surface area contributed by atoms with Crippen LogP contribution in [0.1, 0.15) is 23.1 Å². The molecule has 1 N–H and O–H groups in total. The number of nitrogens with one attached hydrogen (secondary N) is 1. The maximum absolute atomic E-state index is 13.2. The first kappa shape index (κ1) is 21.1. The number of benzene rings is 3. The summed E-state index contributed by atoms with van der Waals surface area (Å²) in [5.74, 6) is -0.610. The summed E-state index contributed by atoms with van der Waals surface area (Å²) in [4.78, 5) is 12.5. The second-order valence-electron chi connectivity index (χ2n) is 7.69. The van der Waals surface area contributed by atoms with Crippen molar-refractivity contribution >= 4 is 27.3 Å². The zero-order valence-corrected chi connectivity index (χ0v) is 18.0. The molecule has 0 saturated heterocycles. The van der Waals surface area contributed by atoms with Gasteiger partial charge in [-0.05, 0) is 73.4 Å². The molecule has 1 heterocycles. The maximum atomic E-state index is 13.2. The molecule has 5 nitrogen and oxygen atoms in total. The van der Waals surface area contributed by atoms with Gasteiger partial charge in [0.25, 0.3) is 10.0 Å². The average Bonchev–Trinajstić information content (AvgIpc) is 2.73. The molecule has 160 valence electrons. The van der Waals surface area contributed by atoms with Crippen LogP contribution in [-0.2, 0) is 27.7 Å². The van der Waals surface area contributed by atoms with E-state index in [1.807, 2.05) is 37.3 Å². The van der Waals surface area contributed by atoms with Gasteiger partial charge in [0, 0.05) is 12.2 Å². The summed E-state index contributed by atoms with van der Waals surface area (Å²) < 4.78 is 40.8. The fourth-order valence-corrected chi connectivity index (χ4v) is 5.38. The summed E-state index contributed by atoms with van der Waals surface area (Å²) in [7, 11) is -3.79. The Bertz CT molecular complexity index is 1220. The number of hydrogen-bond donors (Lipinski definition) is 1. The van der Waals surface area contributed by atoms with Gasteiger partial charge >= 0.3 is 0 Å². The number of nitrogens with zero attached hydrogens (tertiary/aromatic N) is 1. The molecule has 0 radical (unpaired) electrons. The number of halogens is 1. The van der Waals surface area contributed by atoms with Gasteiger partial charge in [-0.15, -0.1) is 0 Å². The molecule has 0 bridgehead atoms. The van der Waals surface area contributed by atoms with Crippen molar-refractivity contribution in [1.29, 1.82) is 0 Å². The highest BCUT2D eigenvalue weighted by molar-refractivity contribution is 7.92. The van der Waals surface area contributed by atoms with Gasteiger partial charge in [0.05, 0.1) is 17.0 Å². The van der Waals surface area contributed by atoms with E-state index in [4.69, 9.17) is 0 Å². The first-order valence-electron chi connectivity index (χ1n) is 10.1. The minimum Gasteiger partial charge on any atom is -0.326 e. The smallest absolute Gasteiger partial charge is 0.264 e. The Morgan fingerprint density at radius 2 is 1.84 bits per heavy atom. The second kappa shape index (κ2) is 8.51. The Kier molecular flexibility index (Phi) is 5.78.